The number of nitrogens with zero attached hydrogens (tertiary/aromatic N) is 5. The molecule has 162 valence electrons. The number of aromatic nitrogens is 3. The van der Waals surface area contributed by atoms with Crippen molar-refractivity contribution in [2.45, 2.75) is 19.8 Å². The minimum Gasteiger partial charge on any atom is -0.410 e. The number of hydrogen-bond acceptors (Lipinski definition) is 5. The summed E-state index contributed by atoms with van der Waals surface area (Å²) in [4.78, 5) is 25.5. The van der Waals surface area contributed by atoms with Gasteiger partial charge in [0.2, 0.25) is 0 Å². The summed E-state index contributed by atoms with van der Waals surface area (Å²) in [5.74, 6) is 0.572. The van der Waals surface area contributed by atoms with E-state index in [2.05, 4.69) is 27.1 Å². The molecule has 1 fully saturated rings. The van der Waals surface area contributed by atoms with Crippen molar-refractivity contribution in [2.75, 3.05) is 32.7 Å². The molecule has 3 aromatic rings. The smallest absolute Gasteiger partial charge is 0.410 e. The molecule has 1 saturated heterocycles. The van der Waals surface area contributed by atoms with Gasteiger partial charge in [0.1, 0.15) is 5.75 Å². The highest BCUT2D eigenvalue weighted by Crippen LogP contribution is 2.16. The molecular formula is C24H29N5O2. The van der Waals surface area contributed by atoms with Crippen LogP contribution in [0, 0.1) is 6.92 Å². The third kappa shape index (κ3) is 5.92. The van der Waals surface area contributed by atoms with Gasteiger partial charge in [-0.25, -0.2) is 9.78 Å². The van der Waals surface area contributed by atoms with Crippen molar-refractivity contribution in [3.05, 3.63) is 77.6 Å². The third-order valence-corrected chi connectivity index (χ3v) is 5.56. The molecule has 3 heterocycles. The van der Waals surface area contributed by atoms with E-state index in [0.29, 0.717) is 18.8 Å². The van der Waals surface area contributed by atoms with Crippen LogP contribution in [0.3, 0.4) is 0 Å². The lowest BCUT2D eigenvalue weighted by Crippen LogP contribution is -2.49. The third-order valence-electron chi connectivity index (χ3n) is 5.56. The average Bonchev–Trinajstić information content (AvgIpc) is 3.21. The van der Waals surface area contributed by atoms with Crippen LogP contribution < -0.4 is 4.74 Å². The van der Waals surface area contributed by atoms with Gasteiger partial charge in [-0.15, -0.1) is 0 Å². The number of ether oxygens (including phenoxy) is 1. The molecule has 0 atom stereocenters. The SMILES string of the molecule is Cc1ccc(Cc2ccc(OC(=O)N3CCN(CCc4cn(C)cn4)CC3)cc2)nc1. The van der Waals surface area contributed by atoms with Crippen molar-refractivity contribution in [3.63, 3.8) is 0 Å². The molecule has 0 radical (unpaired) electrons. The van der Waals surface area contributed by atoms with Gasteiger partial charge in [0, 0.05) is 70.7 Å². The van der Waals surface area contributed by atoms with Crippen LogP contribution in [0.15, 0.2) is 55.1 Å². The topological polar surface area (TPSA) is 63.5 Å². The zero-order valence-corrected chi connectivity index (χ0v) is 18.2. The fourth-order valence-electron chi connectivity index (χ4n) is 3.68. The number of pyridine rings is 1. The van der Waals surface area contributed by atoms with E-state index in [-0.39, 0.29) is 6.09 Å². The van der Waals surface area contributed by atoms with E-state index >= 15 is 0 Å². The number of hydrogen-bond donors (Lipinski definition) is 0. The van der Waals surface area contributed by atoms with Crippen molar-refractivity contribution in [1.29, 1.82) is 0 Å². The van der Waals surface area contributed by atoms with E-state index in [1.54, 1.807) is 4.90 Å². The minimum absolute atomic E-state index is 0.280. The lowest BCUT2D eigenvalue weighted by Gasteiger charge is -2.33. The molecule has 0 unspecified atom stereocenters. The molecule has 0 spiro atoms. The van der Waals surface area contributed by atoms with E-state index < -0.39 is 0 Å². The first kappa shape index (κ1) is 21.1. The van der Waals surface area contributed by atoms with E-state index in [1.807, 2.05) is 61.4 Å². The Balaban J connectivity index is 1.22. The van der Waals surface area contributed by atoms with Gasteiger partial charge in [-0.05, 0) is 36.2 Å². The largest absolute Gasteiger partial charge is 0.415 e. The van der Waals surface area contributed by atoms with Crippen LogP contribution in [0.4, 0.5) is 4.79 Å². The second-order valence-corrected chi connectivity index (χ2v) is 8.12. The Morgan fingerprint density at radius 2 is 1.77 bits per heavy atom. The number of amides is 1. The summed E-state index contributed by atoms with van der Waals surface area (Å²) in [6.45, 7) is 6.05. The second kappa shape index (κ2) is 9.75. The first-order valence-corrected chi connectivity index (χ1v) is 10.7. The number of aryl methyl sites for hydroxylation is 2. The van der Waals surface area contributed by atoms with Crippen LogP contribution in [0.5, 0.6) is 5.75 Å². The van der Waals surface area contributed by atoms with Crippen molar-refractivity contribution in [3.8, 4) is 5.75 Å². The van der Waals surface area contributed by atoms with Gasteiger partial charge < -0.3 is 14.2 Å². The number of rotatable bonds is 6. The van der Waals surface area contributed by atoms with Crippen LogP contribution in [0.2, 0.25) is 0 Å². The molecule has 0 bridgehead atoms. The monoisotopic (exact) mass is 419 g/mol. The predicted octanol–water partition coefficient (Wildman–Crippen LogP) is 3.07. The zero-order chi connectivity index (χ0) is 21.6. The molecule has 4 rings (SSSR count). The fraction of sp³-hybridized carbons (Fsp3) is 0.375. The Morgan fingerprint density at radius 1 is 1.00 bits per heavy atom. The second-order valence-electron chi connectivity index (χ2n) is 8.12. The Kier molecular flexibility index (Phi) is 6.62. The average molecular weight is 420 g/mol. The summed E-state index contributed by atoms with van der Waals surface area (Å²) < 4.78 is 7.55. The van der Waals surface area contributed by atoms with E-state index in [4.69, 9.17) is 4.74 Å². The minimum atomic E-state index is -0.280. The maximum Gasteiger partial charge on any atom is 0.415 e. The molecule has 1 aliphatic rings. The van der Waals surface area contributed by atoms with Crippen LogP contribution >= 0.6 is 0 Å². The number of imidazole rings is 1. The van der Waals surface area contributed by atoms with Crippen molar-refractivity contribution >= 4 is 6.09 Å². The standard InChI is InChI=1S/C24H29N5O2/c1-19-3-6-21(25-16-19)15-20-4-7-23(8-5-20)31-24(30)29-13-11-28(12-14-29)10-9-22-17-27(2)18-26-22/h3-8,16-18H,9-15H2,1-2H3. The van der Waals surface area contributed by atoms with Gasteiger partial charge in [-0.1, -0.05) is 18.2 Å². The summed E-state index contributed by atoms with van der Waals surface area (Å²) in [5, 5.41) is 0. The molecule has 0 saturated carbocycles. The highest BCUT2D eigenvalue weighted by molar-refractivity contribution is 5.70. The van der Waals surface area contributed by atoms with Crippen LogP contribution in [0.25, 0.3) is 0 Å². The van der Waals surface area contributed by atoms with Gasteiger partial charge in [-0.3, -0.25) is 9.88 Å². The van der Waals surface area contributed by atoms with Gasteiger partial charge in [0.15, 0.2) is 0 Å². The summed E-state index contributed by atoms with van der Waals surface area (Å²) in [6, 6.07) is 11.8. The highest BCUT2D eigenvalue weighted by atomic mass is 16.6. The fourth-order valence-corrected chi connectivity index (χ4v) is 3.68. The molecule has 7 nitrogen and oxygen atoms in total. The zero-order valence-electron chi connectivity index (χ0n) is 18.2. The lowest BCUT2D eigenvalue weighted by molar-refractivity contribution is 0.111. The van der Waals surface area contributed by atoms with Gasteiger partial charge in [0.25, 0.3) is 0 Å². The molecule has 7 heteroatoms. The van der Waals surface area contributed by atoms with E-state index in [1.165, 1.54) is 0 Å². The maximum absolute atomic E-state index is 12.5. The number of piperazine rings is 1. The number of carbonyl (C=O) groups excluding carboxylic acids is 1. The number of benzene rings is 1. The Hall–Kier alpha value is -3.19. The Labute approximate surface area is 183 Å². The molecule has 1 aliphatic heterocycles. The quantitative estimate of drug-likeness (QED) is 0.614. The lowest BCUT2D eigenvalue weighted by atomic mass is 10.1. The van der Waals surface area contributed by atoms with Crippen molar-refractivity contribution in [1.82, 2.24) is 24.3 Å². The molecule has 1 aromatic carbocycles. The molecule has 0 aliphatic carbocycles. The van der Waals surface area contributed by atoms with Gasteiger partial charge >= 0.3 is 6.09 Å². The highest BCUT2D eigenvalue weighted by Gasteiger charge is 2.22. The summed E-state index contributed by atoms with van der Waals surface area (Å²) in [5.41, 5.74) is 4.42. The van der Waals surface area contributed by atoms with Crippen LogP contribution in [-0.2, 0) is 19.9 Å². The summed E-state index contributed by atoms with van der Waals surface area (Å²) in [7, 11) is 1.98. The van der Waals surface area contributed by atoms with Gasteiger partial charge in [-0.2, -0.15) is 0 Å². The van der Waals surface area contributed by atoms with E-state index in [0.717, 1.165) is 55.0 Å². The maximum atomic E-state index is 12.5. The first-order valence-electron chi connectivity index (χ1n) is 10.7. The predicted molar refractivity (Wildman–Crippen MR) is 119 cm³/mol. The number of carbonyl (C=O) groups is 1. The molecule has 31 heavy (non-hydrogen) atoms. The Morgan fingerprint density at radius 3 is 2.42 bits per heavy atom. The first-order chi connectivity index (χ1) is 15.0. The summed E-state index contributed by atoms with van der Waals surface area (Å²) >= 11 is 0. The molecular weight excluding hydrogens is 390 g/mol. The molecule has 2 aromatic heterocycles. The van der Waals surface area contributed by atoms with Crippen LogP contribution in [-0.4, -0.2) is 63.2 Å². The normalized spacial score (nSPS) is 14.6. The van der Waals surface area contributed by atoms with Crippen molar-refractivity contribution in [2.24, 2.45) is 7.05 Å². The molecule has 0 N–H and O–H groups in total. The van der Waals surface area contributed by atoms with E-state index in [9.17, 15) is 4.79 Å². The van der Waals surface area contributed by atoms with Crippen molar-refractivity contribution < 1.29 is 9.53 Å². The van der Waals surface area contributed by atoms with Crippen LogP contribution in [0.1, 0.15) is 22.5 Å². The Bertz CT molecular complexity index is 990. The summed E-state index contributed by atoms with van der Waals surface area (Å²) in [6.07, 6.45) is 7.16. The van der Waals surface area contributed by atoms with Gasteiger partial charge in [0.05, 0.1) is 12.0 Å². The molecule has 1 amide bonds.